The maximum atomic E-state index is 12.3. The van der Waals surface area contributed by atoms with Crippen LogP contribution in [0.25, 0.3) is 0 Å². The molecule has 1 aromatic rings. The number of halogens is 1. The Morgan fingerprint density at radius 3 is 2.41 bits per heavy atom. The molecule has 0 saturated heterocycles. The van der Waals surface area contributed by atoms with Gasteiger partial charge in [-0.2, -0.15) is 0 Å². The molecule has 0 aliphatic carbocycles. The number of nitrogens with one attached hydrogen (secondary N) is 1. The molecule has 22 heavy (non-hydrogen) atoms. The predicted octanol–water partition coefficient (Wildman–Crippen LogP) is 3.34. The predicted molar refractivity (Wildman–Crippen MR) is 91.6 cm³/mol. The minimum absolute atomic E-state index is 0.123. The highest BCUT2D eigenvalue weighted by Crippen LogP contribution is 2.20. The molecule has 0 bridgehead atoms. The average Bonchev–Trinajstić information content (AvgIpc) is 2.45. The van der Waals surface area contributed by atoms with Crippen LogP contribution in [0.3, 0.4) is 0 Å². The van der Waals surface area contributed by atoms with Gasteiger partial charge in [-0.05, 0) is 58.5 Å². The normalized spacial score (nSPS) is 11.8. The van der Waals surface area contributed by atoms with Crippen molar-refractivity contribution < 1.29 is 9.53 Å². The van der Waals surface area contributed by atoms with Gasteiger partial charge in [-0.25, -0.2) is 0 Å². The number of hydrogen-bond donors (Lipinski definition) is 1. The van der Waals surface area contributed by atoms with E-state index in [2.05, 4.69) is 31.0 Å². The van der Waals surface area contributed by atoms with E-state index in [0.29, 0.717) is 23.4 Å². The number of likely N-dealkylation sites (N-methyl/N-ethyl adjacent to an activating group) is 1. The van der Waals surface area contributed by atoms with Gasteiger partial charge in [0.15, 0.2) is 5.60 Å². The maximum Gasteiger partial charge on any atom is 0.263 e. The number of nitrogens with zero attached hydrogens (tertiary/aromatic N) is 1. The molecule has 0 unspecified atom stereocenters. The first-order valence-corrected chi connectivity index (χ1v) is 8.11. The third-order valence-corrected chi connectivity index (χ3v) is 3.81. The fourth-order valence-corrected chi connectivity index (χ4v) is 2.28. The fourth-order valence-electron chi connectivity index (χ4n) is 2.15. The van der Waals surface area contributed by atoms with Crippen LogP contribution in [0.5, 0.6) is 5.75 Å². The molecule has 0 atom stereocenters. The van der Waals surface area contributed by atoms with Crippen LogP contribution in [0, 0.1) is 0 Å². The number of ether oxygens (including phenoxy) is 1. The number of carbonyl (C=O) groups is 1. The Morgan fingerprint density at radius 1 is 1.32 bits per heavy atom. The van der Waals surface area contributed by atoms with Crippen LogP contribution < -0.4 is 10.1 Å². The monoisotopic (exact) mass is 326 g/mol. The molecule has 124 valence electrons. The number of hydrogen-bond acceptors (Lipinski definition) is 3. The first-order chi connectivity index (χ1) is 10.3. The lowest BCUT2D eigenvalue weighted by molar-refractivity contribution is -0.134. The Balaban J connectivity index is 2.50. The zero-order valence-corrected chi connectivity index (χ0v) is 14.9. The first-order valence-electron chi connectivity index (χ1n) is 7.73. The Morgan fingerprint density at radius 2 is 1.91 bits per heavy atom. The van der Waals surface area contributed by atoms with Crippen molar-refractivity contribution in [1.82, 2.24) is 10.2 Å². The van der Waals surface area contributed by atoms with Crippen molar-refractivity contribution in [3.05, 3.63) is 29.3 Å². The largest absolute Gasteiger partial charge is 0.478 e. The minimum Gasteiger partial charge on any atom is -0.478 e. The van der Waals surface area contributed by atoms with E-state index in [9.17, 15) is 4.79 Å². The van der Waals surface area contributed by atoms with E-state index in [4.69, 9.17) is 16.3 Å². The SMILES string of the molecule is CCN(CCNC(=O)C(C)(C)Oc1ccc(Cl)cc1)C(C)C. The van der Waals surface area contributed by atoms with Crippen molar-refractivity contribution in [3.63, 3.8) is 0 Å². The fraction of sp³-hybridized carbons (Fsp3) is 0.588. The Kier molecular flexibility index (Phi) is 7.17. The van der Waals surface area contributed by atoms with Crippen LogP contribution >= 0.6 is 11.6 Å². The standard InChI is InChI=1S/C17H27ClN2O2/c1-6-20(13(2)3)12-11-19-16(21)17(4,5)22-15-9-7-14(18)8-10-15/h7-10,13H,6,11-12H2,1-5H3,(H,19,21). The van der Waals surface area contributed by atoms with Crippen LogP contribution in [0.15, 0.2) is 24.3 Å². The summed E-state index contributed by atoms with van der Waals surface area (Å²) in [5.41, 5.74) is -0.928. The van der Waals surface area contributed by atoms with E-state index in [-0.39, 0.29) is 5.91 Å². The zero-order valence-electron chi connectivity index (χ0n) is 14.1. The minimum atomic E-state index is -0.928. The third kappa shape index (κ3) is 5.85. The lowest BCUT2D eigenvalue weighted by atomic mass is 10.1. The van der Waals surface area contributed by atoms with Crippen LogP contribution in [0.1, 0.15) is 34.6 Å². The van der Waals surface area contributed by atoms with Gasteiger partial charge in [-0.15, -0.1) is 0 Å². The van der Waals surface area contributed by atoms with Crippen molar-refractivity contribution in [1.29, 1.82) is 0 Å². The maximum absolute atomic E-state index is 12.3. The molecule has 0 aromatic heterocycles. The van der Waals surface area contributed by atoms with Crippen LogP contribution in [0.4, 0.5) is 0 Å². The van der Waals surface area contributed by atoms with E-state index in [0.717, 1.165) is 13.1 Å². The molecule has 0 heterocycles. The third-order valence-electron chi connectivity index (χ3n) is 3.55. The molecule has 5 heteroatoms. The number of carbonyl (C=O) groups excluding carboxylic acids is 1. The molecule has 0 spiro atoms. The van der Waals surface area contributed by atoms with Gasteiger partial charge in [-0.3, -0.25) is 9.69 Å². The summed E-state index contributed by atoms with van der Waals surface area (Å²) in [4.78, 5) is 14.6. The second kappa shape index (κ2) is 8.39. The van der Waals surface area contributed by atoms with Gasteiger partial charge < -0.3 is 10.1 Å². The molecular weight excluding hydrogens is 300 g/mol. The zero-order chi connectivity index (χ0) is 16.8. The van der Waals surface area contributed by atoms with Crippen LogP contribution in [-0.2, 0) is 4.79 Å². The highest BCUT2D eigenvalue weighted by molar-refractivity contribution is 6.30. The van der Waals surface area contributed by atoms with Gasteiger partial charge >= 0.3 is 0 Å². The van der Waals surface area contributed by atoms with Crippen LogP contribution in [0.2, 0.25) is 5.02 Å². The second-order valence-electron chi connectivity index (χ2n) is 6.04. The lowest BCUT2D eigenvalue weighted by Gasteiger charge is -2.28. The van der Waals surface area contributed by atoms with E-state index in [1.54, 1.807) is 38.1 Å². The second-order valence-corrected chi connectivity index (χ2v) is 6.48. The van der Waals surface area contributed by atoms with E-state index >= 15 is 0 Å². The Hall–Kier alpha value is -1.26. The van der Waals surface area contributed by atoms with Crippen molar-refractivity contribution in [2.45, 2.75) is 46.3 Å². The van der Waals surface area contributed by atoms with Gasteiger partial charge in [-0.1, -0.05) is 18.5 Å². The summed E-state index contributed by atoms with van der Waals surface area (Å²) < 4.78 is 5.77. The molecule has 4 nitrogen and oxygen atoms in total. The van der Waals surface area contributed by atoms with Crippen molar-refractivity contribution >= 4 is 17.5 Å². The first kappa shape index (κ1) is 18.8. The Labute approximate surface area is 138 Å². The van der Waals surface area contributed by atoms with E-state index < -0.39 is 5.60 Å². The summed E-state index contributed by atoms with van der Waals surface area (Å²) in [5, 5.41) is 3.58. The summed E-state index contributed by atoms with van der Waals surface area (Å²) in [6, 6.07) is 7.48. The molecule has 1 N–H and O–H groups in total. The average molecular weight is 327 g/mol. The van der Waals surface area contributed by atoms with Crippen molar-refractivity contribution in [2.75, 3.05) is 19.6 Å². The molecule has 0 aliphatic heterocycles. The molecule has 1 rings (SSSR count). The molecule has 1 aromatic carbocycles. The number of benzene rings is 1. The van der Waals surface area contributed by atoms with E-state index in [1.807, 2.05) is 0 Å². The quantitative estimate of drug-likeness (QED) is 0.796. The van der Waals surface area contributed by atoms with Gasteiger partial charge in [0.2, 0.25) is 0 Å². The molecule has 0 saturated carbocycles. The van der Waals surface area contributed by atoms with E-state index in [1.165, 1.54) is 0 Å². The Bertz CT molecular complexity index is 472. The lowest BCUT2D eigenvalue weighted by Crippen LogP contribution is -2.48. The number of amides is 1. The smallest absolute Gasteiger partial charge is 0.263 e. The van der Waals surface area contributed by atoms with Gasteiger partial charge in [0.25, 0.3) is 5.91 Å². The molecule has 0 radical (unpaired) electrons. The highest BCUT2D eigenvalue weighted by Gasteiger charge is 2.29. The molecule has 0 fully saturated rings. The summed E-state index contributed by atoms with van der Waals surface area (Å²) in [7, 11) is 0. The highest BCUT2D eigenvalue weighted by atomic mass is 35.5. The van der Waals surface area contributed by atoms with Gasteiger partial charge in [0.05, 0.1) is 0 Å². The summed E-state index contributed by atoms with van der Waals surface area (Å²) in [6.45, 7) is 12.4. The van der Waals surface area contributed by atoms with Gasteiger partial charge in [0.1, 0.15) is 5.75 Å². The topological polar surface area (TPSA) is 41.6 Å². The van der Waals surface area contributed by atoms with Crippen molar-refractivity contribution in [2.24, 2.45) is 0 Å². The summed E-state index contributed by atoms with van der Waals surface area (Å²) in [5.74, 6) is 0.504. The summed E-state index contributed by atoms with van der Waals surface area (Å²) in [6.07, 6.45) is 0. The van der Waals surface area contributed by atoms with Crippen LogP contribution in [-0.4, -0.2) is 42.1 Å². The molecule has 0 aliphatic rings. The molecular formula is C17H27ClN2O2. The van der Waals surface area contributed by atoms with Gasteiger partial charge in [0, 0.05) is 24.2 Å². The number of rotatable bonds is 8. The molecule has 1 amide bonds. The summed E-state index contributed by atoms with van der Waals surface area (Å²) >= 11 is 5.84. The van der Waals surface area contributed by atoms with Crippen molar-refractivity contribution in [3.8, 4) is 5.75 Å².